The smallest absolute Gasteiger partial charge is 0.123 e. The minimum atomic E-state index is -0.222. The van der Waals surface area contributed by atoms with Gasteiger partial charge in [0.15, 0.2) is 0 Å². The van der Waals surface area contributed by atoms with Crippen LogP contribution >= 0.6 is 0 Å². The molecule has 0 aliphatic rings. The molecule has 112 valence electrons. The van der Waals surface area contributed by atoms with Crippen molar-refractivity contribution in [1.29, 1.82) is 0 Å². The monoisotopic (exact) mass is 287 g/mol. The van der Waals surface area contributed by atoms with Gasteiger partial charge in [0.1, 0.15) is 5.82 Å². The Morgan fingerprint density at radius 1 is 1.14 bits per heavy atom. The number of aromatic nitrogens is 1. The van der Waals surface area contributed by atoms with E-state index in [4.69, 9.17) is 0 Å². The van der Waals surface area contributed by atoms with Gasteiger partial charge in [-0.3, -0.25) is 4.98 Å². The molecule has 0 saturated heterocycles. The van der Waals surface area contributed by atoms with Gasteiger partial charge < -0.3 is 10.2 Å². The van der Waals surface area contributed by atoms with Crippen molar-refractivity contribution in [2.45, 2.75) is 20.4 Å². The van der Waals surface area contributed by atoms with Crippen molar-refractivity contribution >= 4 is 11.4 Å². The zero-order valence-electron chi connectivity index (χ0n) is 12.8. The van der Waals surface area contributed by atoms with Gasteiger partial charge in [-0.15, -0.1) is 0 Å². The number of anilines is 2. The number of nitrogens with zero attached hydrogens (tertiary/aromatic N) is 2. The fraction of sp³-hybridized carbons (Fsp3) is 0.353. The fourth-order valence-corrected chi connectivity index (χ4v) is 2.07. The van der Waals surface area contributed by atoms with E-state index in [0.717, 1.165) is 30.2 Å². The quantitative estimate of drug-likeness (QED) is 0.877. The van der Waals surface area contributed by atoms with Crippen LogP contribution in [0.4, 0.5) is 15.8 Å². The highest BCUT2D eigenvalue weighted by atomic mass is 19.1. The van der Waals surface area contributed by atoms with Crippen molar-refractivity contribution < 1.29 is 4.39 Å². The molecule has 0 bridgehead atoms. The number of pyridine rings is 1. The molecule has 4 heteroatoms. The van der Waals surface area contributed by atoms with E-state index in [0.29, 0.717) is 5.92 Å². The molecule has 0 spiro atoms. The van der Waals surface area contributed by atoms with E-state index in [1.165, 1.54) is 12.1 Å². The normalized spacial score (nSPS) is 10.9. The summed E-state index contributed by atoms with van der Waals surface area (Å²) < 4.78 is 13.0. The maximum absolute atomic E-state index is 13.0. The number of halogens is 1. The molecule has 2 rings (SSSR count). The Hall–Kier alpha value is -1.94. The Morgan fingerprint density at radius 3 is 2.52 bits per heavy atom. The molecule has 0 radical (unpaired) electrons. The van der Waals surface area contributed by atoms with Crippen molar-refractivity contribution in [3.05, 3.63) is 54.1 Å². The zero-order valence-corrected chi connectivity index (χ0v) is 12.8. The van der Waals surface area contributed by atoms with Gasteiger partial charge in [-0.2, -0.15) is 0 Å². The fourth-order valence-electron chi connectivity index (χ4n) is 2.07. The summed E-state index contributed by atoms with van der Waals surface area (Å²) in [6.07, 6.45) is 1.81. The standard InChI is InChI=1S/C17H22FN3/c1-13(2)11-19-12-15-10-17(8-9-20-15)21(3)16-6-4-14(18)5-7-16/h4-10,13,19H,11-12H2,1-3H3. The van der Waals surface area contributed by atoms with Crippen LogP contribution in [0.15, 0.2) is 42.6 Å². The number of rotatable bonds is 6. The van der Waals surface area contributed by atoms with Gasteiger partial charge in [0.05, 0.1) is 5.69 Å². The van der Waals surface area contributed by atoms with Crippen molar-refractivity contribution in [3.63, 3.8) is 0 Å². The predicted octanol–water partition coefficient (Wildman–Crippen LogP) is 3.73. The van der Waals surface area contributed by atoms with Crippen LogP contribution in [0.3, 0.4) is 0 Å². The third kappa shape index (κ3) is 4.53. The van der Waals surface area contributed by atoms with Gasteiger partial charge in [0.25, 0.3) is 0 Å². The first-order chi connectivity index (χ1) is 10.1. The molecule has 0 aliphatic heterocycles. The summed E-state index contributed by atoms with van der Waals surface area (Å²) in [7, 11) is 1.97. The molecule has 0 atom stereocenters. The maximum atomic E-state index is 13.0. The van der Waals surface area contributed by atoms with Crippen molar-refractivity contribution in [2.75, 3.05) is 18.5 Å². The third-order valence-electron chi connectivity index (χ3n) is 3.26. The Morgan fingerprint density at radius 2 is 1.86 bits per heavy atom. The van der Waals surface area contributed by atoms with E-state index in [-0.39, 0.29) is 5.82 Å². The van der Waals surface area contributed by atoms with E-state index in [1.54, 1.807) is 12.1 Å². The minimum absolute atomic E-state index is 0.222. The maximum Gasteiger partial charge on any atom is 0.123 e. The van der Waals surface area contributed by atoms with E-state index in [9.17, 15) is 4.39 Å². The summed E-state index contributed by atoms with van der Waals surface area (Å²) in [5.74, 6) is 0.399. The van der Waals surface area contributed by atoms with E-state index < -0.39 is 0 Å². The molecule has 0 aliphatic carbocycles. The minimum Gasteiger partial charge on any atom is -0.345 e. The first-order valence-electron chi connectivity index (χ1n) is 7.21. The molecule has 1 aromatic carbocycles. The Labute approximate surface area is 125 Å². The molecule has 0 fully saturated rings. The average Bonchev–Trinajstić information content (AvgIpc) is 2.47. The SMILES string of the molecule is CC(C)CNCc1cc(N(C)c2ccc(F)cc2)ccn1. The Kier molecular flexibility index (Phi) is 5.28. The number of hydrogen-bond acceptors (Lipinski definition) is 3. The molecular weight excluding hydrogens is 265 g/mol. The molecule has 21 heavy (non-hydrogen) atoms. The van der Waals surface area contributed by atoms with Crippen LogP contribution < -0.4 is 10.2 Å². The highest BCUT2D eigenvalue weighted by Crippen LogP contribution is 2.23. The highest BCUT2D eigenvalue weighted by molar-refractivity contribution is 5.62. The van der Waals surface area contributed by atoms with E-state index in [1.807, 2.05) is 24.2 Å². The van der Waals surface area contributed by atoms with Crippen LogP contribution in [0, 0.1) is 11.7 Å². The Bertz CT molecular complexity index is 567. The van der Waals surface area contributed by atoms with Crippen LogP contribution in [-0.4, -0.2) is 18.6 Å². The molecule has 0 unspecified atom stereocenters. The lowest BCUT2D eigenvalue weighted by Crippen LogP contribution is -2.20. The van der Waals surface area contributed by atoms with Gasteiger partial charge in [-0.05, 0) is 48.9 Å². The molecule has 0 saturated carbocycles. The van der Waals surface area contributed by atoms with Crippen LogP contribution in [-0.2, 0) is 6.54 Å². The zero-order chi connectivity index (χ0) is 15.2. The van der Waals surface area contributed by atoms with Crippen molar-refractivity contribution in [2.24, 2.45) is 5.92 Å². The van der Waals surface area contributed by atoms with Crippen LogP contribution in [0.2, 0.25) is 0 Å². The second-order valence-electron chi connectivity index (χ2n) is 5.57. The summed E-state index contributed by atoms with van der Waals surface area (Å²) >= 11 is 0. The molecule has 3 nitrogen and oxygen atoms in total. The second kappa shape index (κ2) is 7.18. The second-order valence-corrected chi connectivity index (χ2v) is 5.57. The van der Waals surface area contributed by atoms with E-state index in [2.05, 4.69) is 30.2 Å². The first-order valence-corrected chi connectivity index (χ1v) is 7.21. The van der Waals surface area contributed by atoms with Crippen LogP contribution in [0.1, 0.15) is 19.5 Å². The number of hydrogen-bond donors (Lipinski definition) is 1. The summed E-state index contributed by atoms with van der Waals surface area (Å²) in [6, 6.07) is 10.5. The van der Waals surface area contributed by atoms with Gasteiger partial charge in [-0.25, -0.2) is 4.39 Å². The summed E-state index contributed by atoms with van der Waals surface area (Å²) in [5.41, 5.74) is 2.99. The molecule has 1 N–H and O–H groups in total. The predicted molar refractivity (Wildman–Crippen MR) is 85.2 cm³/mol. The van der Waals surface area contributed by atoms with E-state index >= 15 is 0 Å². The largest absolute Gasteiger partial charge is 0.345 e. The van der Waals surface area contributed by atoms with Crippen molar-refractivity contribution in [3.8, 4) is 0 Å². The van der Waals surface area contributed by atoms with Crippen LogP contribution in [0.5, 0.6) is 0 Å². The summed E-state index contributed by atoms with van der Waals surface area (Å²) in [6.45, 7) is 6.08. The van der Waals surface area contributed by atoms with Crippen LogP contribution in [0.25, 0.3) is 0 Å². The summed E-state index contributed by atoms with van der Waals surface area (Å²) in [4.78, 5) is 6.40. The lowest BCUT2D eigenvalue weighted by molar-refractivity contribution is 0.548. The molecule has 2 aromatic rings. The number of nitrogens with one attached hydrogen (secondary N) is 1. The lowest BCUT2D eigenvalue weighted by atomic mass is 10.2. The average molecular weight is 287 g/mol. The molecule has 0 amide bonds. The van der Waals surface area contributed by atoms with Gasteiger partial charge in [-0.1, -0.05) is 13.8 Å². The first kappa shape index (κ1) is 15.4. The molecule has 1 heterocycles. The topological polar surface area (TPSA) is 28.2 Å². The summed E-state index contributed by atoms with van der Waals surface area (Å²) in [5, 5.41) is 3.38. The number of benzene rings is 1. The molecule has 1 aromatic heterocycles. The van der Waals surface area contributed by atoms with Crippen molar-refractivity contribution in [1.82, 2.24) is 10.3 Å². The van der Waals surface area contributed by atoms with Gasteiger partial charge in [0.2, 0.25) is 0 Å². The highest BCUT2D eigenvalue weighted by Gasteiger charge is 2.06. The Balaban J connectivity index is 2.07. The van der Waals surface area contributed by atoms with Gasteiger partial charge in [0, 0.05) is 31.2 Å². The lowest BCUT2D eigenvalue weighted by Gasteiger charge is -2.20. The molecular formula is C17H22FN3. The third-order valence-corrected chi connectivity index (χ3v) is 3.26. The van der Waals surface area contributed by atoms with Gasteiger partial charge >= 0.3 is 0 Å².